The van der Waals surface area contributed by atoms with Crippen molar-refractivity contribution in [2.75, 3.05) is 11.9 Å². The molecule has 7 heteroatoms. The van der Waals surface area contributed by atoms with Crippen molar-refractivity contribution in [3.05, 3.63) is 30.3 Å². The fourth-order valence-corrected chi connectivity index (χ4v) is 2.79. The van der Waals surface area contributed by atoms with Gasteiger partial charge in [-0.15, -0.1) is 0 Å². The molecular formula is C20H27N3O4. The van der Waals surface area contributed by atoms with Crippen molar-refractivity contribution in [3.63, 3.8) is 0 Å². The summed E-state index contributed by atoms with van der Waals surface area (Å²) in [6, 6.07) is 4.83. The maximum absolute atomic E-state index is 12.1. The molecule has 0 aliphatic carbocycles. The minimum atomic E-state index is -0.381. The minimum absolute atomic E-state index is 0.0545. The monoisotopic (exact) mass is 373 g/mol. The van der Waals surface area contributed by atoms with Gasteiger partial charge in [-0.1, -0.05) is 51.5 Å². The summed E-state index contributed by atoms with van der Waals surface area (Å²) in [4.78, 5) is 26.7. The first kappa shape index (κ1) is 20.5. The van der Waals surface area contributed by atoms with Crippen LogP contribution >= 0.6 is 0 Å². The summed E-state index contributed by atoms with van der Waals surface area (Å²) in [7, 11) is 0. The highest BCUT2D eigenvalue weighted by Gasteiger charge is 2.17. The number of benzene rings is 1. The molecule has 3 N–H and O–H groups in total. The van der Waals surface area contributed by atoms with Crippen molar-refractivity contribution >= 4 is 18.0 Å². The van der Waals surface area contributed by atoms with Gasteiger partial charge in [-0.25, -0.2) is 4.98 Å². The molecule has 1 aromatic heterocycles. The Bertz CT molecular complexity index is 743. The summed E-state index contributed by atoms with van der Waals surface area (Å²) in [5.41, 5.74) is 0.601. The molecule has 0 spiro atoms. The molecule has 2 rings (SSSR count). The summed E-state index contributed by atoms with van der Waals surface area (Å²) < 4.78 is 5.47. The first-order valence-corrected chi connectivity index (χ1v) is 9.44. The van der Waals surface area contributed by atoms with Crippen molar-refractivity contribution in [2.24, 2.45) is 0 Å². The number of phenolic OH excluding ortho intramolecular Hbond substituents is 1. The number of amides is 2. The van der Waals surface area contributed by atoms with Crippen LogP contribution in [0.5, 0.6) is 5.75 Å². The Kier molecular flexibility index (Phi) is 8.35. The van der Waals surface area contributed by atoms with Crippen LogP contribution in [0.4, 0.5) is 5.69 Å². The molecular weight excluding hydrogens is 346 g/mol. The van der Waals surface area contributed by atoms with E-state index in [1.165, 1.54) is 38.3 Å². The Labute approximate surface area is 159 Å². The third kappa shape index (κ3) is 6.13. The van der Waals surface area contributed by atoms with Crippen molar-refractivity contribution in [2.45, 2.75) is 51.9 Å². The fraction of sp³-hybridized carbons (Fsp3) is 0.450. The maximum atomic E-state index is 12.1. The highest BCUT2D eigenvalue weighted by molar-refractivity contribution is 5.90. The number of phenols is 1. The Morgan fingerprint density at radius 3 is 2.67 bits per heavy atom. The van der Waals surface area contributed by atoms with Gasteiger partial charge in [0.05, 0.1) is 17.4 Å². The van der Waals surface area contributed by atoms with Crippen LogP contribution < -0.4 is 10.6 Å². The second-order valence-electron chi connectivity index (χ2n) is 6.37. The second-order valence-corrected chi connectivity index (χ2v) is 6.37. The Hall–Kier alpha value is -2.83. The normalized spacial score (nSPS) is 10.6. The van der Waals surface area contributed by atoms with Gasteiger partial charge < -0.3 is 20.2 Å². The van der Waals surface area contributed by atoms with Gasteiger partial charge in [-0.05, 0) is 18.6 Å². The van der Waals surface area contributed by atoms with Crippen LogP contribution in [0, 0.1) is 0 Å². The smallest absolute Gasteiger partial charge is 0.307 e. The molecule has 0 aliphatic heterocycles. The molecule has 1 heterocycles. The van der Waals surface area contributed by atoms with Crippen molar-refractivity contribution in [3.8, 4) is 17.1 Å². The molecule has 27 heavy (non-hydrogen) atoms. The van der Waals surface area contributed by atoms with E-state index >= 15 is 0 Å². The molecule has 0 atom stereocenters. The van der Waals surface area contributed by atoms with E-state index < -0.39 is 0 Å². The van der Waals surface area contributed by atoms with Gasteiger partial charge in [0.15, 0.2) is 5.76 Å². The molecule has 2 amide bonds. The number of unbranched alkanes of at least 4 members (excludes halogenated alkanes) is 6. The number of oxazole rings is 1. The van der Waals surface area contributed by atoms with Gasteiger partial charge in [-0.2, -0.15) is 0 Å². The van der Waals surface area contributed by atoms with Gasteiger partial charge in [0.1, 0.15) is 5.75 Å². The number of aromatic hydroxyl groups is 1. The number of anilines is 1. The topological polar surface area (TPSA) is 104 Å². The zero-order chi connectivity index (χ0) is 19.5. The van der Waals surface area contributed by atoms with Crippen LogP contribution in [0.25, 0.3) is 11.3 Å². The predicted molar refractivity (Wildman–Crippen MR) is 104 cm³/mol. The van der Waals surface area contributed by atoms with E-state index in [2.05, 4.69) is 22.5 Å². The van der Waals surface area contributed by atoms with Crippen LogP contribution in [0.15, 0.2) is 28.8 Å². The summed E-state index contributed by atoms with van der Waals surface area (Å²) in [6.07, 6.45) is 10.1. The van der Waals surface area contributed by atoms with Crippen LogP contribution in [0.1, 0.15) is 62.6 Å². The van der Waals surface area contributed by atoms with Crippen molar-refractivity contribution in [1.29, 1.82) is 0 Å². The molecule has 0 unspecified atom stereocenters. The van der Waals surface area contributed by atoms with E-state index in [0.717, 1.165) is 12.8 Å². The number of nitrogens with zero attached hydrogens (tertiary/aromatic N) is 1. The minimum Gasteiger partial charge on any atom is -0.505 e. The van der Waals surface area contributed by atoms with Gasteiger partial charge in [0, 0.05) is 6.54 Å². The number of hydrogen-bond acceptors (Lipinski definition) is 5. The summed E-state index contributed by atoms with van der Waals surface area (Å²) in [5, 5.41) is 15.4. The molecule has 0 aliphatic rings. The Morgan fingerprint density at radius 2 is 1.93 bits per heavy atom. The zero-order valence-corrected chi connectivity index (χ0v) is 15.7. The van der Waals surface area contributed by atoms with Crippen molar-refractivity contribution in [1.82, 2.24) is 10.3 Å². The lowest BCUT2D eigenvalue weighted by Crippen LogP contribution is -2.24. The first-order chi connectivity index (χ1) is 13.2. The Balaban J connectivity index is 1.84. The van der Waals surface area contributed by atoms with Crippen LogP contribution in [-0.4, -0.2) is 29.0 Å². The predicted octanol–water partition coefficient (Wildman–Crippen LogP) is 4.10. The molecule has 0 bridgehead atoms. The summed E-state index contributed by atoms with van der Waals surface area (Å²) >= 11 is 0. The average Bonchev–Trinajstić information content (AvgIpc) is 3.15. The van der Waals surface area contributed by atoms with Crippen LogP contribution in [-0.2, 0) is 4.79 Å². The molecule has 7 nitrogen and oxygen atoms in total. The summed E-state index contributed by atoms with van der Waals surface area (Å²) in [5.74, 6) is -0.325. The number of carbonyl (C=O) groups excluding carboxylic acids is 2. The van der Waals surface area contributed by atoms with E-state index in [4.69, 9.17) is 4.42 Å². The largest absolute Gasteiger partial charge is 0.505 e. The molecule has 2 aromatic rings. The van der Waals surface area contributed by atoms with E-state index in [1.54, 1.807) is 18.2 Å². The van der Waals surface area contributed by atoms with Crippen molar-refractivity contribution < 1.29 is 19.1 Å². The van der Waals surface area contributed by atoms with E-state index in [-0.39, 0.29) is 29.0 Å². The SMILES string of the molecule is CCCCCCCCCNC(=O)c1ncc(-c2cccc(NC=O)c2O)o1. The second kappa shape index (κ2) is 11.0. The molecule has 1 aromatic carbocycles. The zero-order valence-electron chi connectivity index (χ0n) is 15.7. The van der Waals surface area contributed by atoms with Crippen LogP contribution in [0.3, 0.4) is 0 Å². The molecule has 0 saturated carbocycles. The van der Waals surface area contributed by atoms with E-state index in [0.29, 0.717) is 18.5 Å². The third-order valence-corrected chi connectivity index (χ3v) is 4.28. The lowest BCUT2D eigenvalue weighted by molar-refractivity contribution is -0.105. The lowest BCUT2D eigenvalue weighted by atomic mass is 10.1. The highest BCUT2D eigenvalue weighted by atomic mass is 16.4. The number of para-hydroxylation sites is 1. The molecule has 0 saturated heterocycles. The van der Waals surface area contributed by atoms with E-state index in [9.17, 15) is 14.7 Å². The van der Waals surface area contributed by atoms with Gasteiger partial charge >= 0.3 is 5.91 Å². The number of nitrogens with one attached hydrogen (secondary N) is 2. The highest BCUT2D eigenvalue weighted by Crippen LogP contribution is 2.35. The number of hydrogen-bond donors (Lipinski definition) is 3. The molecule has 0 fully saturated rings. The lowest BCUT2D eigenvalue weighted by Gasteiger charge is -2.06. The standard InChI is InChI=1S/C20H27N3O4/c1-2-3-4-5-6-7-8-12-21-19(26)20-22-13-17(27-20)15-10-9-11-16(18(15)25)23-14-24/h9-11,13-14,25H,2-8,12H2,1H3,(H,21,26)(H,23,24). The van der Waals surface area contributed by atoms with Gasteiger partial charge in [-0.3, -0.25) is 9.59 Å². The van der Waals surface area contributed by atoms with E-state index in [1.807, 2.05) is 0 Å². The third-order valence-electron chi connectivity index (χ3n) is 4.28. The fourth-order valence-electron chi connectivity index (χ4n) is 2.79. The number of rotatable bonds is 12. The quantitative estimate of drug-likeness (QED) is 0.295. The summed E-state index contributed by atoms with van der Waals surface area (Å²) in [6.45, 7) is 2.78. The number of carbonyl (C=O) groups is 2. The van der Waals surface area contributed by atoms with Gasteiger partial charge in [0.25, 0.3) is 5.89 Å². The molecule has 146 valence electrons. The number of aromatic nitrogens is 1. The average molecular weight is 373 g/mol. The maximum Gasteiger partial charge on any atom is 0.307 e. The van der Waals surface area contributed by atoms with Crippen LogP contribution in [0.2, 0.25) is 0 Å². The first-order valence-electron chi connectivity index (χ1n) is 9.44. The molecule has 0 radical (unpaired) electrons. The van der Waals surface area contributed by atoms with Gasteiger partial charge in [0.2, 0.25) is 6.41 Å². The Morgan fingerprint density at radius 1 is 1.19 bits per heavy atom.